The third-order valence-electron chi connectivity index (χ3n) is 2.87. The van der Waals surface area contributed by atoms with Gasteiger partial charge in [0.2, 0.25) is 5.65 Å². The van der Waals surface area contributed by atoms with Crippen LogP contribution in [0.15, 0.2) is 16.5 Å². The number of nitrogens with one attached hydrogen (secondary N) is 2. The van der Waals surface area contributed by atoms with Crippen molar-refractivity contribution in [3.05, 3.63) is 17.3 Å². The molecule has 1 aliphatic rings. The number of β-amino-alcohol motifs (C(OH)–C–C–N with tert-alkyl or cyclic N) is 1. The Morgan fingerprint density at radius 2 is 2.28 bits per heavy atom. The number of nitrogens with zero attached hydrogens (tertiary/aromatic N) is 2. The lowest BCUT2D eigenvalue weighted by molar-refractivity contribution is 0.136. The summed E-state index contributed by atoms with van der Waals surface area (Å²) >= 11 is 5.78. The van der Waals surface area contributed by atoms with E-state index in [-0.39, 0.29) is 12.1 Å². The minimum Gasteiger partial charge on any atom is -0.422 e. The van der Waals surface area contributed by atoms with E-state index >= 15 is 0 Å². The number of pyridine rings is 1. The first-order valence-electron chi connectivity index (χ1n) is 5.79. The lowest BCUT2D eigenvalue weighted by Gasteiger charge is -2.26. The van der Waals surface area contributed by atoms with Crippen LogP contribution in [0.2, 0.25) is 5.15 Å². The summed E-state index contributed by atoms with van der Waals surface area (Å²) in [5.41, 5.74) is 1.07. The molecule has 2 aromatic heterocycles. The van der Waals surface area contributed by atoms with E-state index in [9.17, 15) is 5.11 Å². The Morgan fingerprint density at radius 1 is 1.39 bits per heavy atom. The van der Waals surface area contributed by atoms with Crippen LogP contribution in [-0.4, -0.2) is 40.3 Å². The van der Waals surface area contributed by atoms with E-state index in [0.29, 0.717) is 35.4 Å². The minimum absolute atomic E-state index is 0.0947. The number of halogens is 1. The predicted molar refractivity (Wildman–Crippen MR) is 67.7 cm³/mol. The largest absolute Gasteiger partial charge is 0.422 e. The van der Waals surface area contributed by atoms with Gasteiger partial charge < -0.3 is 20.2 Å². The number of aliphatic hydroxyl groups excluding tert-OH is 1. The van der Waals surface area contributed by atoms with Crippen molar-refractivity contribution < 1.29 is 9.52 Å². The molecule has 0 aromatic carbocycles. The molecule has 2 atom stereocenters. The molecular weight excluding hydrogens is 256 g/mol. The van der Waals surface area contributed by atoms with Crippen LogP contribution in [0.5, 0.6) is 0 Å². The maximum Gasteiger partial charge on any atom is 0.297 e. The molecule has 1 fully saturated rings. The molecule has 0 aliphatic carbocycles. The fraction of sp³-hybridized carbons (Fsp3) is 0.455. The SMILES string of the molecule is O[C@@H]1CNC[C@H](Nc2nc3nc(Cl)ccc3o2)C1. The van der Waals surface area contributed by atoms with Crippen LogP contribution in [0, 0.1) is 0 Å². The molecule has 6 nitrogen and oxygen atoms in total. The Hall–Kier alpha value is -1.37. The smallest absolute Gasteiger partial charge is 0.297 e. The number of hydrogen-bond donors (Lipinski definition) is 3. The van der Waals surface area contributed by atoms with Crippen LogP contribution < -0.4 is 10.6 Å². The van der Waals surface area contributed by atoms with Crippen LogP contribution in [0.4, 0.5) is 6.01 Å². The Morgan fingerprint density at radius 3 is 3.11 bits per heavy atom. The lowest BCUT2D eigenvalue weighted by Crippen LogP contribution is -2.45. The Bertz CT molecular complexity index is 559. The van der Waals surface area contributed by atoms with E-state index in [1.807, 2.05) is 0 Å². The number of oxazole rings is 1. The molecule has 3 rings (SSSR count). The zero-order chi connectivity index (χ0) is 12.5. The normalized spacial score (nSPS) is 24.3. The van der Waals surface area contributed by atoms with Gasteiger partial charge in [0, 0.05) is 19.1 Å². The van der Waals surface area contributed by atoms with Gasteiger partial charge >= 0.3 is 0 Å². The third-order valence-corrected chi connectivity index (χ3v) is 3.08. The van der Waals surface area contributed by atoms with E-state index in [0.717, 1.165) is 6.54 Å². The van der Waals surface area contributed by atoms with E-state index < -0.39 is 0 Å². The number of rotatable bonds is 2. The van der Waals surface area contributed by atoms with Crippen LogP contribution >= 0.6 is 11.6 Å². The average molecular weight is 269 g/mol. The van der Waals surface area contributed by atoms with Gasteiger partial charge in [-0.05, 0) is 18.6 Å². The minimum atomic E-state index is -0.340. The first kappa shape index (κ1) is 11.7. The average Bonchev–Trinajstić information content (AvgIpc) is 2.70. The Labute approximate surface area is 108 Å². The molecule has 0 amide bonds. The standard InChI is InChI=1S/C11H13ClN4O2/c12-9-2-1-8-10(15-9)16-11(18-8)14-6-3-7(17)5-13-4-6/h1-2,6-7,13,17H,3-5H2,(H,14,15,16)/t6-,7+/m1/s1. The van der Waals surface area contributed by atoms with Crippen molar-refractivity contribution in [1.29, 1.82) is 0 Å². The Balaban J connectivity index is 1.78. The number of piperidine rings is 1. The molecule has 1 saturated heterocycles. The topological polar surface area (TPSA) is 83.2 Å². The zero-order valence-electron chi connectivity index (χ0n) is 9.56. The molecule has 1 aliphatic heterocycles. The second kappa shape index (κ2) is 4.72. The lowest BCUT2D eigenvalue weighted by atomic mass is 10.1. The van der Waals surface area contributed by atoms with Crippen molar-refractivity contribution in [3.63, 3.8) is 0 Å². The predicted octanol–water partition coefficient (Wildman–Crippen LogP) is 1.01. The number of hydrogen-bond acceptors (Lipinski definition) is 6. The molecule has 3 heterocycles. The highest BCUT2D eigenvalue weighted by Crippen LogP contribution is 2.20. The van der Waals surface area contributed by atoms with Gasteiger partial charge in [-0.15, -0.1) is 0 Å². The van der Waals surface area contributed by atoms with E-state index in [4.69, 9.17) is 16.0 Å². The fourth-order valence-electron chi connectivity index (χ4n) is 2.06. The molecule has 0 unspecified atom stereocenters. The number of anilines is 1. The molecular formula is C11H13ClN4O2. The van der Waals surface area contributed by atoms with Crippen molar-refractivity contribution in [2.45, 2.75) is 18.6 Å². The number of aliphatic hydroxyl groups is 1. The van der Waals surface area contributed by atoms with Crippen LogP contribution in [0.25, 0.3) is 11.2 Å². The van der Waals surface area contributed by atoms with Crippen molar-refractivity contribution in [2.24, 2.45) is 0 Å². The molecule has 0 saturated carbocycles. The summed E-state index contributed by atoms with van der Waals surface area (Å²) < 4.78 is 5.51. The monoisotopic (exact) mass is 268 g/mol. The van der Waals surface area contributed by atoms with Gasteiger partial charge in [0.05, 0.1) is 6.10 Å². The quantitative estimate of drug-likeness (QED) is 0.705. The Kier molecular flexibility index (Phi) is 3.07. The summed E-state index contributed by atoms with van der Waals surface area (Å²) in [4.78, 5) is 8.27. The molecule has 0 bridgehead atoms. The molecule has 18 heavy (non-hydrogen) atoms. The van der Waals surface area contributed by atoms with Gasteiger partial charge in [-0.1, -0.05) is 11.6 Å². The highest BCUT2D eigenvalue weighted by Gasteiger charge is 2.21. The van der Waals surface area contributed by atoms with Crippen molar-refractivity contribution in [2.75, 3.05) is 18.4 Å². The molecule has 2 aromatic rings. The van der Waals surface area contributed by atoms with Crippen LogP contribution in [0.3, 0.4) is 0 Å². The van der Waals surface area contributed by atoms with E-state index in [1.54, 1.807) is 12.1 Å². The van der Waals surface area contributed by atoms with Crippen molar-refractivity contribution in [3.8, 4) is 0 Å². The van der Waals surface area contributed by atoms with E-state index in [2.05, 4.69) is 20.6 Å². The van der Waals surface area contributed by atoms with E-state index in [1.165, 1.54) is 0 Å². The summed E-state index contributed by atoms with van der Waals surface area (Å²) in [5.74, 6) is 0. The van der Waals surface area contributed by atoms with Crippen LogP contribution in [0.1, 0.15) is 6.42 Å². The summed E-state index contributed by atoms with van der Waals surface area (Å²) in [5, 5.41) is 16.2. The first-order valence-corrected chi connectivity index (χ1v) is 6.17. The van der Waals surface area contributed by atoms with Crippen molar-refractivity contribution >= 4 is 28.8 Å². The second-order valence-corrected chi connectivity index (χ2v) is 4.75. The number of aromatic nitrogens is 2. The molecule has 7 heteroatoms. The summed E-state index contributed by atoms with van der Waals surface area (Å²) in [6.45, 7) is 1.40. The molecule has 0 radical (unpaired) electrons. The van der Waals surface area contributed by atoms with Crippen molar-refractivity contribution in [1.82, 2.24) is 15.3 Å². The maximum atomic E-state index is 9.55. The maximum absolute atomic E-state index is 9.55. The highest BCUT2D eigenvalue weighted by atomic mass is 35.5. The summed E-state index contributed by atoms with van der Waals surface area (Å²) in [6.07, 6.45) is 0.327. The fourth-order valence-corrected chi connectivity index (χ4v) is 2.20. The molecule has 96 valence electrons. The third kappa shape index (κ3) is 2.40. The van der Waals surface area contributed by atoms with Gasteiger partial charge in [-0.2, -0.15) is 4.98 Å². The van der Waals surface area contributed by atoms with Gasteiger partial charge in [0.1, 0.15) is 5.15 Å². The zero-order valence-corrected chi connectivity index (χ0v) is 10.3. The van der Waals surface area contributed by atoms with Gasteiger partial charge in [-0.25, -0.2) is 4.98 Å². The first-order chi connectivity index (χ1) is 8.70. The number of fused-ring (bicyclic) bond motifs is 1. The van der Waals surface area contributed by atoms with Gasteiger partial charge in [-0.3, -0.25) is 0 Å². The van der Waals surface area contributed by atoms with Gasteiger partial charge in [0.15, 0.2) is 5.58 Å². The summed E-state index contributed by atoms with van der Waals surface area (Å²) in [6, 6.07) is 3.89. The van der Waals surface area contributed by atoms with Crippen LogP contribution in [-0.2, 0) is 0 Å². The summed E-state index contributed by atoms with van der Waals surface area (Å²) in [7, 11) is 0. The van der Waals surface area contributed by atoms with Gasteiger partial charge in [0.25, 0.3) is 6.01 Å². The second-order valence-electron chi connectivity index (χ2n) is 4.36. The highest BCUT2D eigenvalue weighted by molar-refractivity contribution is 6.29. The molecule has 3 N–H and O–H groups in total. The molecule has 0 spiro atoms.